The van der Waals surface area contributed by atoms with Gasteiger partial charge in [-0.3, -0.25) is 4.90 Å². The minimum Gasteiger partial charge on any atom is -0.327 e. The van der Waals surface area contributed by atoms with Crippen LogP contribution in [-0.2, 0) is 4.79 Å². The lowest BCUT2D eigenvalue weighted by Crippen LogP contribution is -2.39. The normalized spacial score (nSPS) is 9.95. The third-order valence-corrected chi connectivity index (χ3v) is 3.13. The quantitative estimate of drug-likeness (QED) is 0.788. The molecule has 21 heavy (non-hydrogen) atoms. The maximum atomic E-state index is 12.7. The average Bonchev–Trinajstić information content (AvgIpc) is 2.54. The Morgan fingerprint density at radius 1 is 0.952 bits per heavy atom. The molecule has 2 amide bonds. The van der Waals surface area contributed by atoms with Crippen LogP contribution in [0.25, 0.3) is 0 Å². The summed E-state index contributed by atoms with van der Waals surface area (Å²) in [6, 6.07) is 18.8. The van der Waals surface area contributed by atoms with E-state index in [2.05, 4.69) is 0 Å². The van der Waals surface area contributed by atoms with Crippen LogP contribution < -0.4 is 4.90 Å². The predicted octanol–water partition coefficient (Wildman–Crippen LogP) is 3.47. The zero-order chi connectivity index (χ0) is 15.1. The van der Waals surface area contributed by atoms with Gasteiger partial charge in [-0.2, -0.15) is 0 Å². The van der Waals surface area contributed by atoms with Crippen molar-refractivity contribution in [2.45, 2.75) is 6.42 Å². The van der Waals surface area contributed by atoms with Crippen molar-refractivity contribution in [1.82, 2.24) is 4.90 Å². The number of anilines is 2. The first kappa shape index (κ1) is 14.8. The molecule has 0 heterocycles. The molecule has 0 aliphatic rings. The summed E-state index contributed by atoms with van der Waals surface area (Å²) in [5, 5.41) is 0. The van der Waals surface area contributed by atoms with Gasteiger partial charge in [0.25, 0.3) is 0 Å². The summed E-state index contributed by atoms with van der Waals surface area (Å²) in [5.74, 6) is 0. The van der Waals surface area contributed by atoms with Crippen molar-refractivity contribution in [2.75, 3.05) is 18.5 Å². The summed E-state index contributed by atoms with van der Waals surface area (Å²) in [7, 11) is 1.70. The zero-order valence-corrected chi connectivity index (χ0v) is 12.0. The maximum Gasteiger partial charge on any atom is 0.328 e. The molecule has 0 bridgehead atoms. The number of hydrogen-bond acceptors (Lipinski definition) is 2. The second-order valence-corrected chi connectivity index (χ2v) is 4.67. The highest BCUT2D eigenvalue weighted by molar-refractivity contribution is 5.99. The van der Waals surface area contributed by atoms with E-state index in [-0.39, 0.29) is 6.03 Å². The number of rotatable bonds is 5. The van der Waals surface area contributed by atoms with E-state index in [1.807, 2.05) is 60.7 Å². The molecule has 0 fully saturated rings. The van der Waals surface area contributed by atoms with Gasteiger partial charge in [0.2, 0.25) is 0 Å². The average molecular weight is 282 g/mol. The molecular formula is C17H18N2O2. The van der Waals surface area contributed by atoms with Crippen LogP contribution in [0, 0.1) is 0 Å². The highest BCUT2D eigenvalue weighted by Gasteiger charge is 2.20. The van der Waals surface area contributed by atoms with Crippen molar-refractivity contribution in [2.24, 2.45) is 0 Å². The Morgan fingerprint density at radius 2 is 1.43 bits per heavy atom. The second-order valence-electron chi connectivity index (χ2n) is 4.67. The summed E-state index contributed by atoms with van der Waals surface area (Å²) in [6.45, 7) is 0.401. The molecule has 0 N–H and O–H groups in total. The lowest BCUT2D eigenvalue weighted by atomic mass is 10.2. The number of nitrogens with zero attached hydrogens (tertiary/aromatic N) is 2. The van der Waals surface area contributed by atoms with Gasteiger partial charge in [-0.25, -0.2) is 4.79 Å². The SMILES string of the molecule is CN(CCC=O)C(=O)N(c1ccccc1)c1ccccc1. The molecule has 0 aliphatic heterocycles. The fourth-order valence-corrected chi connectivity index (χ4v) is 2.04. The lowest BCUT2D eigenvalue weighted by Gasteiger charge is -2.28. The number of urea groups is 1. The van der Waals surface area contributed by atoms with Crippen molar-refractivity contribution >= 4 is 23.7 Å². The molecule has 0 aliphatic carbocycles. The minimum absolute atomic E-state index is 0.158. The summed E-state index contributed by atoms with van der Waals surface area (Å²) in [5.41, 5.74) is 1.60. The molecule has 0 aromatic heterocycles. The van der Waals surface area contributed by atoms with Crippen LogP contribution in [0.15, 0.2) is 60.7 Å². The first-order chi connectivity index (χ1) is 10.2. The predicted molar refractivity (Wildman–Crippen MR) is 83.7 cm³/mol. The molecule has 0 spiro atoms. The molecule has 4 heteroatoms. The molecule has 0 saturated heterocycles. The third kappa shape index (κ3) is 3.69. The fraction of sp³-hybridized carbons (Fsp3) is 0.176. The van der Waals surface area contributed by atoms with E-state index in [9.17, 15) is 9.59 Å². The molecule has 0 radical (unpaired) electrons. The van der Waals surface area contributed by atoms with Crippen LogP contribution in [0.3, 0.4) is 0 Å². The molecule has 2 aromatic rings. The Bertz CT molecular complexity index is 545. The summed E-state index contributed by atoms with van der Waals surface area (Å²) < 4.78 is 0. The minimum atomic E-state index is -0.158. The van der Waals surface area contributed by atoms with Gasteiger partial charge in [0.1, 0.15) is 6.29 Å². The summed E-state index contributed by atoms with van der Waals surface area (Å²) in [4.78, 5) is 26.4. The second kappa shape index (κ2) is 7.24. The number of amides is 2. The molecular weight excluding hydrogens is 264 g/mol. The van der Waals surface area contributed by atoms with E-state index in [1.54, 1.807) is 16.8 Å². The first-order valence-electron chi connectivity index (χ1n) is 6.83. The standard InChI is InChI=1S/C17H18N2O2/c1-18(13-8-14-20)17(21)19(15-9-4-2-5-10-15)16-11-6-3-7-12-16/h2-7,9-12,14H,8,13H2,1H3. The molecule has 2 rings (SSSR count). The van der Waals surface area contributed by atoms with Gasteiger partial charge in [0.15, 0.2) is 0 Å². The number of aldehydes is 1. The van der Waals surface area contributed by atoms with Crippen molar-refractivity contribution in [3.8, 4) is 0 Å². The molecule has 4 nitrogen and oxygen atoms in total. The van der Waals surface area contributed by atoms with Gasteiger partial charge in [-0.1, -0.05) is 36.4 Å². The smallest absolute Gasteiger partial charge is 0.327 e. The Labute approximate surface area is 124 Å². The van der Waals surface area contributed by atoms with Crippen molar-refractivity contribution in [3.05, 3.63) is 60.7 Å². The molecule has 108 valence electrons. The zero-order valence-electron chi connectivity index (χ0n) is 12.0. The molecule has 0 atom stereocenters. The summed E-state index contributed by atoms with van der Waals surface area (Å²) in [6.07, 6.45) is 1.15. The fourth-order valence-electron chi connectivity index (χ4n) is 2.04. The highest BCUT2D eigenvalue weighted by Crippen LogP contribution is 2.26. The maximum absolute atomic E-state index is 12.7. The van der Waals surface area contributed by atoms with Crippen LogP contribution in [-0.4, -0.2) is 30.8 Å². The van der Waals surface area contributed by atoms with Crippen molar-refractivity contribution < 1.29 is 9.59 Å². The van der Waals surface area contributed by atoms with E-state index >= 15 is 0 Å². The third-order valence-electron chi connectivity index (χ3n) is 3.13. The van der Waals surface area contributed by atoms with Gasteiger partial charge in [0.05, 0.1) is 11.4 Å². The van der Waals surface area contributed by atoms with Gasteiger partial charge in [-0.05, 0) is 24.3 Å². The Balaban J connectivity index is 2.33. The van der Waals surface area contributed by atoms with Crippen molar-refractivity contribution in [3.63, 3.8) is 0 Å². The number of carbonyl (C=O) groups excluding carboxylic acids is 2. The van der Waals surface area contributed by atoms with E-state index in [0.717, 1.165) is 17.7 Å². The van der Waals surface area contributed by atoms with Crippen LogP contribution in [0.4, 0.5) is 16.2 Å². The van der Waals surface area contributed by atoms with Crippen LogP contribution in [0.5, 0.6) is 0 Å². The Kier molecular flexibility index (Phi) is 5.10. The monoisotopic (exact) mass is 282 g/mol. The van der Waals surface area contributed by atoms with Gasteiger partial charge >= 0.3 is 6.03 Å². The molecule has 0 unspecified atom stereocenters. The molecule has 0 saturated carbocycles. The highest BCUT2D eigenvalue weighted by atomic mass is 16.2. The van der Waals surface area contributed by atoms with Crippen LogP contribution in [0.2, 0.25) is 0 Å². The van der Waals surface area contributed by atoms with E-state index in [1.165, 1.54) is 0 Å². The number of carbonyl (C=O) groups is 2. The van der Waals surface area contributed by atoms with E-state index < -0.39 is 0 Å². The number of benzene rings is 2. The van der Waals surface area contributed by atoms with Gasteiger partial charge < -0.3 is 9.69 Å². The van der Waals surface area contributed by atoms with Crippen LogP contribution in [0.1, 0.15) is 6.42 Å². The summed E-state index contributed by atoms with van der Waals surface area (Å²) >= 11 is 0. The Hall–Kier alpha value is -2.62. The number of para-hydroxylation sites is 2. The lowest BCUT2D eigenvalue weighted by molar-refractivity contribution is -0.107. The Morgan fingerprint density at radius 3 is 1.86 bits per heavy atom. The largest absolute Gasteiger partial charge is 0.328 e. The van der Waals surface area contributed by atoms with E-state index in [0.29, 0.717) is 13.0 Å². The van der Waals surface area contributed by atoms with Crippen LogP contribution >= 0.6 is 0 Å². The van der Waals surface area contributed by atoms with E-state index in [4.69, 9.17) is 0 Å². The van der Waals surface area contributed by atoms with Gasteiger partial charge in [-0.15, -0.1) is 0 Å². The van der Waals surface area contributed by atoms with Gasteiger partial charge in [0, 0.05) is 20.0 Å². The first-order valence-corrected chi connectivity index (χ1v) is 6.83. The topological polar surface area (TPSA) is 40.6 Å². The molecule has 2 aromatic carbocycles. The number of hydrogen-bond donors (Lipinski definition) is 0. The van der Waals surface area contributed by atoms with Crippen molar-refractivity contribution in [1.29, 1.82) is 0 Å².